The van der Waals surface area contributed by atoms with Gasteiger partial charge in [0.1, 0.15) is 5.75 Å². The van der Waals surface area contributed by atoms with Crippen molar-refractivity contribution in [2.45, 2.75) is 26.3 Å². The molecular weight excluding hydrogens is 326 g/mol. The Morgan fingerprint density at radius 1 is 1.10 bits per heavy atom. The lowest BCUT2D eigenvalue weighted by atomic mass is 10.2. The van der Waals surface area contributed by atoms with Gasteiger partial charge in [-0.25, -0.2) is 0 Å². The number of nitrogens with one attached hydrogen (secondary N) is 1. The summed E-state index contributed by atoms with van der Waals surface area (Å²) in [6.45, 7) is 4.77. The molecular formula is C18H22BrNO. The molecule has 2 nitrogen and oxygen atoms in total. The van der Waals surface area contributed by atoms with E-state index in [0.29, 0.717) is 6.61 Å². The van der Waals surface area contributed by atoms with Gasteiger partial charge in [-0.15, -0.1) is 0 Å². The van der Waals surface area contributed by atoms with Crippen molar-refractivity contribution in [3.8, 4) is 5.75 Å². The van der Waals surface area contributed by atoms with Crippen molar-refractivity contribution in [1.29, 1.82) is 0 Å². The van der Waals surface area contributed by atoms with Crippen LogP contribution in [0.25, 0.3) is 0 Å². The van der Waals surface area contributed by atoms with Gasteiger partial charge in [-0.1, -0.05) is 53.2 Å². The Labute approximate surface area is 135 Å². The Balaban J connectivity index is 1.86. The van der Waals surface area contributed by atoms with Gasteiger partial charge in [0.2, 0.25) is 0 Å². The van der Waals surface area contributed by atoms with Crippen LogP contribution in [0, 0.1) is 0 Å². The maximum absolute atomic E-state index is 5.86. The van der Waals surface area contributed by atoms with Crippen LogP contribution in [0.15, 0.2) is 53.0 Å². The maximum Gasteiger partial charge on any atom is 0.119 e. The van der Waals surface area contributed by atoms with Crippen LogP contribution in [0.2, 0.25) is 0 Å². The van der Waals surface area contributed by atoms with Crippen molar-refractivity contribution in [1.82, 2.24) is 5.32 Å². The molecule has 2 aromatic carbocycles. The highest BCUT2D eigenvalue weighted by Gasteiger charge is 2.03. The zero-order valence-corrected chi connectivity index (χ0v) is 14.0. The minimum atomic E-state index is 0.702. The Morgan fingerprint density at radius 2 is 1.90 bits per heavy atom. The number of ether oxygens (including phenoxy) is 1. The molecule has 0 saturated carbocycles. The third-order valence-electron chi connectivity index (χ3n) is 3.26. The van der Waals surface area contributed by atoms with Gasteiger partial charge < -0.3 is 10.1 Å². The Bertz CT molecular complexity index is 542. The topological polar surface area (TPSA) is 21.3 Å². The van der Waals surface area contributed by atoms with Gasteiger partial charge in [0.15, 0.2) is 0 Å². The average molecular weight is 348 g/mol. The molecule has 21 heavy (non-hydrogen) atoms. The fraction of sp³-hybridized carbons (Fsp3) is 0.333. The van der Waals surface area contributed by atoms with E-state index in [9.17, 15) is 0 Å². The Hall–Kier alpha value is -1.32. The summed E-state index contributed by atoms with van der Waals surface area (Å²) in [4.78, 5) is 0. The third kappa shape index (κ3) is 5.52. The first-order valence-corrected chi connectivity index (χ1v) is 8.24. The number of rotatable bonds is 8. The minimum absolute atomic E-state index is 0.702. The number of hydrogen-bond acceptors (Lipinski definition) is 2. The largest absolute Gasteiger partial charge is 0.493 e. The van der Waals surface area contributed by atoms with Crippen molar-refractivity contribution < 1.29 is 4.74 Å². The molecule has 0 atom stereocenters. The molecule has 0 aromatic heterocycles. The molecule has 0 bridgehead atoms. The second-order valence-electron chi connectivity index (χ2n) is 5.01. The lowest BCUT2D eigenvalue weighted by molar-refractivity contribution is 0.321. The minimum Gasteiger partial charge on any atom is -0.493 e. The van der Waals surface area contributed by atoms with Crippen molar-refractivity contribution in [2.75, 3.05) is 13.2 Å². The molecule has 0 aliphatic heterocycles. The summed E-state index contributed by atoms with van der Waals surface area (Å²) in [6.07, 6.45) is 2.07. The molecule has 0 radical (unpaired) electrons. The van der Waals surface area contributed by atoms with Crippen molar-refractivity contribution in [3.63, 3.8) is 0 Å². The summed E-state index contributed by atoms with van der Waals surface area (Å²) >= 11 is 3.59. The highest BCUT2D eigenvalue weighted by atomic mass is 79.9. The molecule has 0 spiro atoms. The summed E-state index contributed by atoms with van der Waals surface area (Å²) in [5.74, 6) is 0.933. The summed E-state index contributed by atoms with van der Waals surface area (Å²) in [5, 5.41) is 3.42. The summed E-state index contributed by atoms with van der Waals surface area (Å²) < 4.78 is 6.99. The smallest absolute Gasteiger partial charge is 0.119 e. The highest BCUT2D eigenvalue weighted by Crippen LogP contribution is 2.22. The van der Waals surface area contributed by atoms with E-state index >= 15 is 0 Å². The summed E-state index contributed by atoms with van der Waals surface area (Å²) in [7, 11) is 0. The normalized spacial score (nSPS) is 10.6. The predicted molar refractivity (Wildman–Crippen MR) is 91.8 cm³/mol. The second kappa shape index (κ2) is 8.85. The van der Waals surface area contributed by atoms with Crippen LogP contribution in [0.5, 0.6) is 5.75 Å². The SMILES string of the molecule is CCCNCc1cc(OCCc2ccccc2)ccc1Br. The first-order chi connectivity index (χ1) is 10.3. The first-order valence-electron chi connectivity index (χ1n) is 7.45. The first kappa shape index (κ1) is 16.1. The number of hydrogen-bond donors (Lipinski definition) is 1. The molecule has 3 heteroatoms. The molecule has 0 unspecified atom stereocenters. The zero-order chi connectivity index (χ0) is 14.9. The van der Waals surface area contributed by atoms with E-state index in [1.165, 1.54) is 11.1 Å². The van der Waals surface area contributed by atoms with E-state index in [4.69, 9.17) is 4.74 Å². The third-order valence-corrected chi connectivity index (χ3v) is 4.04. The molecule has 2 rings (SSSR count). The van der Waals surface area contributed by atoms with Crippen LogP contribution in [0.3, 0.4) is 0 Å². The molecule has 2 aromatic rings. The zero-order valence-electron chi connectivity index (χ0n) is 12.4. The van der Waals surface area contributed by atoms with Gasteiger partial charge in [0.05, 0.1) is 6.61 Å². The lowest BCUT2D eigenvalue weighted by Gasteiger charge is -2.10. The van der Waals surface area contributed by atoms with E-state index in [0.717, 1.165) is 36.2 Å². The van der Waals surface area contributed by atoms with Gasteiger partial charge in [-0.05, 0) is 42.3 Å². The monoisotopic (exact) mass is 347 g/mol. The van der Waals surface area contributed by atoms with E-state index in [1.807, 2.05) is 12.1 Å². The number of halogens is 1. The van der Waals surface area contributed by atoms with Crippen LogP contribution < -0.4 is 10.1 Å². The van der Waals surface area contributed by atoms with Gasteiger partial charge in [0, 0.05) is 17.4 Å². The number of benzene rings is 2. The lowest BCUT2D eigenvalue weighted by Crippen LogP contribution is -2.14. The van der Waals surface area contributed by atoms with Gasteiger partial charge in [-0.3, -0.25) is 0 Å². The second-order valence-corrected chi connectivity index (χ2v) is 5.87. The molecule has 0 aliphatic rings. The summed E-state index contributed by atoms with van der Waals surface area (Å²) in [5.41, 5.74) is 2.54. The molecule has 0 saturated heterocycles. The van der Waals surface area contributed by atoms with Crippen LogP contribution in [-0.4, -0.2) is 13.2 Å². The van der Waals surface area contributed by atoms with E-state index in [1.54, 1.807) is 0 Å². The molecule has 0 amide bonds. The van der Waals surface area contributed by atoms with E-state index in [2.05, 4.69) is 64.6 Å². The van der Waals surface area contributed by atoms with Gasteiger partial charge in [-0.2, -0.15) is 0 Å². The van der Waals surface area contributed by atoms with Crippen molar-refractivity contribution in [3.05, 3.63) is 64.1 Å². The van der Waals surface area contributed by atoms with Crippen molar-refractivity contribution in [2.24, 2.45) is 0 Å². The quantitative estimate of drug-likeness (QED) is 0.706. The Kier molecular flexibility index (Phi) is 6.77. The fourth-order valence-corrected chi connectivity index (χ4v) is 2.49. The van der Waals surface area contributed by atoms with Crippen LogP contribution in [0.4, 0.5) is 0 Å². The van der Waals surface area contributed by atoms with E-state index in [-0.39, 0.29) is 0 Å². The van der Waals surface area contributed by atoms with Gasteiger partial charge >= 0.3 is 0 Å². The summed E-state index contributed by atoms with van der Waals surface area (Å²) in [6, 6.07) is 16.6. The average Bonchev–Trinajstić information content (AvgIpc) is 2.51. The predicted octanol–water partition coefficient (Wildman–Crippen LogP) is 4.57. The fourth-order valence-electron chi connectivity index (χ4n) is 2.11. The van der Waals surface area contributed by atoms with Crippen molar-refractivity contribution >= 4 is 15.9 Å². The van der Waals surface area contributed by atoms with Crippen LogP contribution >= 0.6 is 15.9 Å². The molecule has 1 N–H and O–H groups in total. The highest BCUT2D eigenvalue weighted by molar-refractivity contribution is 9.10. The molecule has 0 fully saturated rings. The standard InChI is InChI=1S/C18H22BrNO/c1-2-11-20-14-16-13-17(8-9-18(16)19)21-12-10-15-6-4-3-5-7-15/h3-9,13,20H,2,10-12,14H2,1H3. The molecule has 0 aliphatic carbocycles. The van der Waals surface area contributed by atoms with E-state index < -0.39 is 0 Å². The van der Waals surface area contributed by atoms with Crippen LogP contribution in [0.1, 0.15) is 24.5 Å². The maximum atomic E-state index is 5.86. The van der Waals surface area contributed by atoms with Crippen LogP contribution in [-0.2, 0) is 13.0 Å². The Morgan fingerprint density at radius 3 is 2.67 bits per heavy atom. The molecule has 112 valence electrons. The van der Waals surface area contributed by atoms with Gasteiger partial charge in [0.25, 0.3) is 0 Å². The molecule has 0 heterocycles.